The van der Waals surface area contributed by atoms with Gasteiger partial charge in [-0.25, -0.2) is 5.43 Å². The van der Waals surface area contributed by atoms with Crippen molar-refractivity contribution in [1.82, 2.24) is 5.43 Å². The fourth-order valence-corrected chi connectivity index (χ4v) is 2.40. The lowest BCUT2D eigenvalue weighted by atomic mass is 10.2. The molecule has 29 heavy (non-hydrogen) atoms. The summed E-state index contributed by atoms with van der Waals surface area (Å²) >= 11 is 0. The smallest absolute Gasteiger partial charge is 0.249 e. The molecule has 0 spiro atoms. The first-order chi connectivity index (χ1) is 14.1. The van der Waals surface area contributed by atoms with Gasteiger partial charge in [-0.15, -0.1) is 0 Å². The average molecular weight is 399 g/mol. The van der Waals surface area contributed by atoms with E-state index in [1.807, 2.05) is 6.92 Å². The van der Waals surface area contributed by atoms with Gasteiger partial charge in [0.25, 0.3) is 0 Å². The molecule has 8 nitrogen and oxygen atoms in total. The highest BCUT2D eigenvalue weighted by atomic mass is 16.5. The highest BCUT2D eigenvalue weighted by molar-refractivity contribution is 6.04. The van der Waals surface area contributed by atoms with Crippen LogP contribution in [0.2, 0.25) is 0 Å². The average Bonchev–Trinajstić information content (AvgIpc) is 2.72. The molecule has 0 fully saturated rings. The summed E-state index contributed by atoms with van der Waals surface area (Å²) in [6.45, 7) is 2.61. The zero-order valence-corrected chi connectivity index (χ0v) is 16.7. The zero-order chi connectivity index (χ0) is 21.1. The fourth-order valence-electron chi connectivity index (χ4n) is 2.40. The number of nitrogens with zero attached hydrogens (tertiary/aromatic N) is 1. The Morgan fingerprint density at radius 1 is 1.00 bits per heavy atom. The Morgan fingerprint density at radius 3 is 2.48 bits per heavy atom. The third kappa shape index (κ3) is 6.84. The summed E-state index contributed by atoms with van der Waals surface area (Å²) in [6, 6.07) is 12.3. The van der Waals surface area contributed by atoms with Gasteiger partial charge in [-0.1, -0.05) is 19.1 Å². The minimum absolute atomic E-state index is 0.373. The van der Waals surface area contributed by atoms with Gasteiger partial charge in [0.2, 0.25) is 11.8 Å². The number of anilines is 1. The van der Waals surface area contributed by atoms with Gasteiger partial charge in [-0.3, -0.25) is 9.59 Å². The molecule has 0 atom stereocenters. The number of ether oxygens (including phenoxy) is 3. The number of carbonyl (C=O) groups excluding carboxylic acids is 2. The van der Waals surface area contributed by atoms with Crippen LogP contribution in [0.1, 0.15) is 25.3 Å². The molecular formula is C21H25N3O5. The Balaban J connectivity index is 1.88. The first-order valence-electron chi connectivity index (χ1n) is 9.13. The van der Waals surface area contributed by atoms with Crippen molar-refractivity contribution in [3.05, 3.63) is 48.0 Å². The van der Waals surface area contributed by atoms with Crippen molar-refractivity contribution in [2.75, 3.05) is 26.1 Å². The van der Waals surface area contributed by atoms with Crippen LogP contribution < -0.4 is 25.0 Å². The van der Waals surface area contributed by atoms with Crippen LogP contribution in [0.5, 0.6) is 17.2 Å². The molecule has 0 bridgehead atoms. The van der Waals surface area contributed by atoms with Crippen molar-refractivity contribution < 1.29 is 23.8 Å². The maximum atomic E-state index is 12.0. The van der Waals surface area contributed by atoms with Crippen LogP contribution in [-0.2, 0) is 9.59 Å². The molecule has 2 amide bonds. The summed E-state index contributed by atoms with van der Waals surface area (Å²) in [5.41, 5.74) is 3.54. The summed E-state index contributed by atoms with van der Waals surface area (Å²) in [7, 11) is 3.06. The zero-order valence-electron chi connectivity index (χ0n) is 16.7. The van der Waals surface area contributed by atoms with Crippen molar-refractivity contribution in [3.8, 4) is 17.2 Å². The van der Waals surface area contributed by atoms with E-state index in [4.69, 9.17) is 14.2 Å². The second kappa shape index (κ2) is 11.3. The van der Waals surface area contributed by atoms with Crippen LogP contribution >= 0.6 is 0 Å². The van der Waals surface area contributed by atoms with Gasteiger partial charge >= 0.3 is 0 Å². The fraction of sp³-hybridized carbons (Fsp3) is 0.286. The van der Waals surface area contributed by atoms with Crippen LogP contribution in [0.4, 0.5) is 5.69 Å². The summed E-state index contributed by atoms with van der Waals surface area (Å²) in [5, 5.41) is 6.51. The summed E-state index contributed by atoms with van der Waals surface area (Å²) in [4.78, 5) is 23.9. The predicted octanol–water partition coefficient (Wildman–Crippen LogP) is 2.97. The number of hydrogen-bond acceptors (Lipinski definition) is 6. The van der Waals surface area contributed by atoms with Gasteiger partial charge in [0.05, 0.1) is 32.7 Å². The SMILES string of the molecule is CCCOc1ccc(C=NNC(=O)CC(=O)Nc2ccccc2OC)cc1OC. The van der Waals surface area contributed by atoms with Gasteiger partial charge in [0.15, 0.2) is 11.5 Å². The number of carbonyl (C=O) groups is 2. The van der Waals surface area contributed by atoms with Crippen molar-refractivity contribution in [2.24, 2.45) is 5.10 Å². The quantitative estimate of drug-likeness (QED) is 0.364. The minimum atomic E-state index is -0.538. The van der Waals surface area contributed by atoms with Crippen LogP contribution in [0.15, 0.2) is 47.6 Å². The lowest BCUT2D eigenvalue weighted by Gasteiger charge is -2.10. The third-order valence-electron chi connectivity index (χ3n) is 3.75. The minimum Gasteiger partial charge on any atom is -0.495 e. The molecular weight excluding hydrogens is 374 g/mol. The highest BCUT2D eigenvalue weighted by Crippen LogP contribution is 2.27. The number of methoxy groups -OCH3 is 2. The standard InChI is InChI=1S/C21H25N3O5/c1-4-11-29-18-10-9-15(12-19(18)28-3)14-22-24-21(26)13-20(25)23-16-7-5-6-8-17(16)27-2/h5-10,12,14H,4,11,13H2,1-3H3,(H,23,25)(H,24,26). The van der Waals surface area contributed by atoms with Crippen molar-refractivity contribution >= 4 is 23.7 Å². The summed E-state index contributed by atoms with van der Waals surface area (Å²) in [5.74, 6) is 0.720. The third-order valence-corrected chi connectivity index (χ3v) is 3.75. The van der Waals surface area contributed by atoms with Crippen LogP contribution in [0.3, 0.4) is 0 Å². The Labute approximate surface area is 169 Å². The Kier molecular flexibility index (Phi) is 8.50. The second-order valence-electron chi connectivity index (χ2n) is 5.98. The molecule has 154 valence electrons. The first kappa shape index (κ1) is 21.7. The number of para-hydroxylation sites is 2. The van der Waals surface area contributed by atoms with Gasteiger partial charge in [-0.2, -0.15) is 5.10 Å². The van der Waals surface area contributed by atoms with E-state index in [1.54, 1.807) is 49.6 Å². The van der Waals surface area contributed by atoms with E-state index in [0.717, 1.165) is 6.42 Å². The van der Waals surface area contributed by atoms with E-state index in [-0.39, 0.29) is 6.42 Å². The largest absolute Gasteiger partial charge is 0.495 e. The van der Waals surface area contributed by atoms with E-state index in [1.165, 1.54) is 13.3 Å². The molecule has 0 aliphatic heterocycles. The molecule has 0 aliphatic carbocycles. The topological polar surface area (TPSA) is 98.2 Å². The first-order valence-corrected chi connectivity index (χ1v) is 9.13. The molecule has 0 radical (unpaired) electrons. The van der Waals surface area contributed by atoms with E-state index >= 15 is 0 Å². The molecule has 0 aromatic heterocycles. The number of hydrazone groups is 1. The Hall–Kier alpha value is -3.55. The van der Waals surface area contributed by atoms with E-state index in [9.17, 15) is 9.59 Å². The molecule has 2 aromatic carbocycles. The molecule has 0 heterocycles. The van der Waals surface area contributed by atoms with E-state index in [2.05, 4.69) is 15.8 Å². The van der Waals surface area contributed by atoms with Crippen molar-refractivity contribution in [2.45, 2.75) is 19.8 Å². The second-order valence-corrected chi connectivity index (χ2v) is 5.98. The summed E-state index contributed by atoms with van der Waals surface area (Å²) < 4.78 is 16.0. The molecule has 0 saturated carbocycles. The lowest BCUT2D eigenvalue weighted by molar-refractivity contribution is -0.126. The Bertz CT molecular complexity index is 867. The maximum Gasteiger partial charge on any atom is 0.249 e. The van der Waals surface area contributed by atoms with E-state index in [0.29, 0.717) is 35.1 Å². The molecule has 0 saturated heterocycles. The molecule has 0 unspecified atom stereocenters. The van der Waals surface area contributed by atoms with E-state index < -0.39 is 11.8 Å². The normalized spacial score (nSPS) is 10.4. The van der Waals surface area contributed by atoms with Gasteiger partial charge in [0, 0.05) is 0 Å². The molecule has 2 rings (SSSR count). The van der Waals surface area contributed by atoms with Crippen molar-refractivity contribution in [1.29, 1.82) is 0 Å². The summed E-state index contributed by atoms with van der Waals surface area (Å²) in [6.07, 6.45) is 1.98. The monoisotopic (exact) mass is 399 g/mol. The molecule has 0 aliphatic rings. The highest BCUT2D eigenvalue weighted by Gasteiger charge is 2.11. The van der Waals surface area contributed by atoms with Crippen LogP contribution in [-0.4, -0.2) is 38.9 Å². The predicted molar refractivity (Wildman–Crippen MR) is 111 cm³/mol. The number of amides is 2. The van der Waals surface area contributed by atoms with Crippen LogP contribution in [0.25, 0.3) is 0 Å². The van der Waals surface area contributed by atoms with Gasteiger partial charge in [0.1, 0.15) is 12.2 Å². The molecule has 8 heteroatoms. The lowest BCUT2D eigenvalue weighted by Crippen LogP contribution is -2.24. The number of nitrogens with one attached hydrogen (secondary N) is 2. The number of rotatable bonds is 10. The van der Waals surface area contributed by atoms with Crippen molar-refractivity contribution in [3.63, 3.8) is 0 Å². The van der Waals surface area contributed by atoms with Crippen LogP contribution in [0, 0.1) is 0 Å². The van der Waals surface area contributed by atoms with Gasteiger partial charge in [-0.05, 0) is 42.3 Å². The Morgan fingerprint density at radius 2 is 1.76 bits per heavy atom. The molecule has 2 aromatic rings. The van der Waals surface area contributed by atoms with Gasteiger partial charge < -0.3 is 19.5 Å². The molecule has 2 N–H and O–H groups in total. The maximum absolute atomic E-state index is 12.0. The number of benzene rings is 2. The number of hydrogen-bond donors (Lipinski definition) is 2.